The predicted octanol–water partition coefficient (Wildman–Crippen LogP) is 2.60. The van der Waals surface area contributed by atoms with Crippen molar-refractivity contribution < 1.29 is 9.90 Å². The van der Waals surface area contributed by atoms with Crippen molar-refractivity contribution in [1.29, 1.82) is 0 Å². The van der Waals surface area contributed by atoms with Crippen molar-refractivity contribution in [3.63, 3.8) is 0 Å². The standard InChI is InChI=1S/C11H16ClNO2S/c1-8-7-16-10(9(8)12)11(15)13-5-3-2-4-6-14/h7,14H,2-6H2,1H3,(H,13,15). The van der Waals surface area contributed by atoms with E-state index in [1.165, 1.54) is 11.3 Å². The van der Waals surface area contributed by atoms with E-state index in [1.54, 1.807) is 0 Å². The Hall–Kier alpha value is -0.580. The van der Waals surface area contributed by atoms with E-state index in [9.17, 15) is 4.79 Å². The summed E-state index contributed by atoms with van der Waals surface area (Å²) in [5.74, 6) is -0.105. The van der Waals surface area contributed by atoms with Crippen molar-refractivity contribution in [1.82, 2.24) is 5.32 Å². The number of aliphatic hydroxyl groups excluding tert-OH is 1. The minimum Gasteiger partial charge on any atom is -0.396 e. The number of unbranched alkanes of at least 4 members (excludes halogenated alkanes) is 2. The molecule has 16 heavy (non-hydrogen) atoms. The maximum Gasteiger partial charge on any atom is 0.262 e. The molecule has 0 atom stereocenters. The summed E-state index contributed by atoms with van der Waals surface area (Å²) in [4.78, 5) is 12.3. The first-order valence-corrected chi connectivity index (χ1v) is 6.55. The molecule has 0 saturated heterocycles. The molecule has 3 nitrogen and oxygen atoms in total. The number of nitrogens with one attached hydrogen (secondary N) is 1. The van der Waals surface area contributed by atoms with Crippen molar-refractivity contribution in [2.75, 3.05) is 13.2 Å². The SMILES string of the molecule is Cc1csc(C(=O)NCCCCCO)c1Cl. The van der Waals surface area contributed by atoms with E-state index >= 15 is 0 Å². The lowest BCUT2D eigenvalue weighted by molar-refractivity contribution is 0.0957. The number of amides is 1. The first-order chi connectivity index (χ1) is 7.66. The lowest BCUT2D eigenvalue weighted by Crippen LogP contribution is -2.23. The van der Waals surface area contributed by atoms with Crippen LogP contribution >= 0.6 is 22.9 Å². The molecule has 0 unspecified atom stereocenters. The van der Waals surface area contributed by atoms with Crippen LogP contribution in [-0.2, 0) is 0 Å². The molecule has 1 aromatic heterocycles. The number of halogens is 1. The zero-order valence-electron chi connectivity index (χ0n) is 9.25. The van der Waals surface area contributed by atoms with E-state index in [0.29, 0.717) is 16.4 Å². The van der Waals surface area contributed by atoms with Crippen LogP contribution in [0.5, 0.6) is 0 Å². The molecule has 0 aliphatic carbocycles. The lowest BCUT2D eigenvalue weighted by Gasteiger charge is -2.03. The van der Waals surface area contributed by atoms with Gasteiger partial charge in [0.2, 0.25) is 0 Å². The summed E-state index contributed by atoms with van der Waals surface area (Å²) in [5, 5.41) is 13.8. The van der Waals surface area contributed by atoms with Gasteiger partial charge in [-0.3, -0.25) is 4.79 Å². The number of aryl methyl sites for hydroxylation is 1. The molecule has 0 bridgehead atoms. The Morgan fingerprint density at radius 3 is 2.81 bits per heavy atom. The maximum atomic E-state index is 11.7. The van der Waals surface area contributed by atoms with Gasteiger partial charge in [-0.15, -0.1) is 11.3 Å². The van der Waals surface area contributed by atoms with E-state index in [0.717, 1.165) is 24.8 Å². The fourth-order valence-electron chi connectivity index (χ4n) is 1.28. The van der Waals surface area contributed by atoms with E-state index in [1.807, 2.05) is 12.3 Å². The third-order valence-electron chi connectivity index (χ3n) is 2.23. The van der Waals surface area contributed by atoms with Gasteiger partial charge >= 0.3 is 0 Å². The maximum absolute atomic E-state index is 11.7. The molecule has 0 aromatic carbocycles. The van der Waals surface area contributed by atoms with Crippen molar-refractivity contribution in [2.24, 2.45) is 0 Å². The molecule has 0 aliphatic rings. The quantitative estimate of drug-likeness (QED) is 0.774. The molecule has 0 fully saturated rings. The van der Waals surface area contributed by atoms with Crippen LogP contribution < -0.4 is 5.32 Å². The molecule has 90 valence electrons. The molecule has 5 heteroatoms. The van der Waals surface area contributed by atoms with Crippen molar-refractivity contribution >= 4 is 28.8 Å². The Morgan fingerprint density at radius 1 is 1.50 bits per heavy atom. The van der Waals surface area contributed by atoms with E-state index in [2.05, 4.69) is 5.32 Å². The first-order valence-electron chi connectivity index (χ1n) is 5.29. The van der Waals surface area contributed by atoms with Gasteiger partial charge in [0.05, 0.1) is 5.02 Å². The van der Waals surface area contributed by atoms with Gasteiger partial charge < -0.3 is 10.4 Å². The molecule has 0 spiro atoms. The lowest BCUT2D eigenvalue weighted by atomic mass is 10.2. The van der Waals surface area contributed by atoms with Gasteiger partial charge in [-0.25, -0.2) is 0 Å². The van der Waals surface area contributed by atoms with Crippen LogP contribution in [0.15, 0.2) is 5.38 Å². The van der Waals surface area contributed by atoms with Gasteiger partial charge in [0.1, 0.15) is 4.88 Å². The smallest absolute Gasteiger partial charge is 0.262 e. The Bertz CT molecular complexity index is 352. The second-order valence-corrected chi connectivity index (χ2v) is 4.86. The average molecular weight is 262 g/mol. The minimum atomic E-state index is -0.105. The van der Waals surface area contributed by atoms with Crippen molar-refractivity contribution in [2.45, 2.75) is 26.2 Å². The summed E-state index contributed by atoms with van der Waals surface area (Å²) in [6.45, 7) is 2.73. The van der Waals surface area contributed by atoms with Crippen LogP contribution in [0.4, 0.5) is 0 Å². The van der Waals surface area contributed by atoms with Gasteiger partial charge in [-0.1, -0.05) is 11.6 Å². The zero-order chi connectivity index (χ0) is 12.0. The number of aliphatic hydroxyl groups is 1. The topological polar surface area (TPSA) is 49.3 Å². The van der Waals surface area contributed by atoms with E-state index in [-0.39, 0.29) is 12.5 Å². The highest BCUT2D eigenvalue weighted by Gasteiger charge is 2.13. The predicted molar refractivity (Wildman–Crippen MR) is 67.3 cm³/mol. The van der Waals surface area contributed by atoms with Gasteiger partial charge in [0, 0.05) is 13.2 Å². The van der Waals surface area contributed by atoms with Gasteiger partial charge in [-0.2, -0.15) is 0 Å². The molecule has 0 aliphatic heterocycles. The highest BCUT2D eigenvalue weighted by Crippen LogP contribution is 2.26. The molecule has 2 N–H and O–H groups in total. The number of thiophene rings is 1. The summed E-state index contributed by atoms with van der Waals surface area (Å²) >= 11 is 7.35. The summed E-state index contributed by atoms with van der Waals surface area (Å²) in [5.41, 5.74) is 0.942. The largest absolute Gasteiger partial charge is 0.396 e. The summed E-state index contributed by atoms with van der Waals surface area (Å²) in [6.07, 6.45) is 2.59. The number of hydrogen-bond donors (Lipinski definition) is 2. The third-order valence-corrected chi connectivity index (χ3v) is 3.92. The Morgan fingerprint density at radius 2 is 2.25 bits per heavy atom. The summed E-state index contributed by atoms with van der Waals surface area (Å²) in [6, 6.07) is 0. The van der Waals surface area contributed by atoms with E-state index < -0.39 is 0 Å². The molecular weight excluding hydrogens is 246 g/mol. The second kappa shape index (κ2) is 6.89. The highest BCUT2D eigenvalue weighted by atomic mass is 35.5. The average Bonchev–Trinajstić information content (AvgIpc) is 2.59. The highest BCUT2D eigenvalue weighted by molar-refractivity contribution is 7.13. The van der Waals surface area contributed by atoms with E-state index in [4.69, 9.17) is 16.7 Å². The Kier molecular flexibility index (Phi) is 5.80. The van der Waals surface area contributed by atoms with Crippen LogP contribution in [0.3, 0.4) is 0 Å². The molecular formula is C11H16ClNO2S. The number of hydrogen-bond acceptors (Lipinski definition) is 3. The van der Waals surface area contributed by atoms with Crippen LogP contribution in [0.1, 0.15) is 34.5 Å². The van der Waals surface area contributed by atoms with Crippen LogP contribution in [-0.4, -0.2) is 24.2 Å². The fourth-order valence-corrected chi connectivity index (χ4v) is 2.47. The molecule has 1 amide bonds. The van der Waals surface area contributed by atoms with Crippen LogP contribution in [0.25, 0.3) is 0 Å². The Balaban J connectivity index is 2.33. The van der Waals surface area contributed by atoms with Crippen molar-refractivity contribution in [3.8, 4) is 0 Å². The number of carbonyl (C=O) groups is 1. The Labute approximate surface area is 104 Å². The summed E-state index contributed by atoms with van der Waals surface area (Å²) in [7, 11) is 0. The fraction of sp³-hybridized carbons (Fsp3) is 0.545. The monoisotopic (exact) mass is 261 g/mol. The summed E-state index contributed by atoms with van der Waals surface area (Å²) < 4.78 is 0. The first kappa shape index (κ1) is 13.5. The molecule has 1 aromatic rings. The molecule has 0 radical (unpaired) electrons. The zero-order valence-corrected chi connectivity index (χ0v) is 10.8. The minimum absolute atomic E-state index is 0.105. The molecule has 0 saturated carbocycles. The van der Waals surface area contributed by atoms with Crippen LogP contribution in [0, 0.1) is 6.92 Å². The molecule has 1 rings (SSSR count). The number of carbonyl (C=O) groups excluding carboxylic acids is 1. The van der Waals surface area contributed by atoms with Gasteiger partial charge in [0.15, 0.2) is 0 Å². The van der Waals surface area contributed by atoms with Gasteiger partial charge in [0.25, 0.3) is 5.91 Å². The molecule has 1 heterocycles. The third kappa shape index (κ3) is 3.77. The van der Waals surface area contributed by atoms with Crippen LogP contribution in [0.2, 0.25) is 5.02 Å². The van der Waals surface area contributed by atoms with Crippen molar-refractivity contribution in [3.05, 3.63) is 20.8 Å². The normalized spacial score (nSPS) is 10.4. The van der Waals surface area contributed by atoms with Gasteiger partial charge in [-0.05, 0) is 37.1 Å². The second-order valence-electron chi connectivity index (χ2n) is 3.60. The number of rotatable bonds is 6.